The van der Waals surface area contributed by atoms with Gasteiger partial charge in [-0.15, -0.1) is 0 Å². The van der Waals surface area contributed by atoms with Crippen LogP contribution in [0.2, 0.25) is 10.0 Å². The molecule has 28 heavy (non-hydrogen) atoms. The fourth-order valence-electron chi connectivity index (χ4n) is 3.34. The van der Waals surface area contributed by atoms with Gasteiger partial charge in [0, 0.05) is 12.2 Å². The monoisotopic (exact) mass is 419 g/mol. The Bertz CT molecular complexity index is 867. The van der Waals surface area contributed by atoms with Crippen molar-refractivity contribution in [2.75, 3.05) is 30.4 Å². The van der Waals surface area contributed by atoms with Gasteiger partial charge in [-0.25, -0.2) is 0 Å². The van der Waals surface area contributed by atoms with E-state index in [1.165, 1.54) is 5.56 Å². The highest BCUT2D eigenvalue weighted by Crippen LogP contribution is 2.30. The van der Waals surface area contributed by atoms with Crippen LogP contribution in [0, 0.1) is 0 Å². The number of fused-ring (bicyclic) bond motifs is 1. The smallest absolute Gasteiger partial charge is 0.244 e. The predicted molar refractivity (Wildman–Crippen MR) is 114 cm³/mol. The van der Waals surface area contributed by atoms with E-state index in [4.69, 9.17) is 23.2 Å². The van der Waals surface area contributed by atoms with Crippen molar-refractivity contribution in [3.8, 4) is 0 Å². The van der Waals surface area contributed by atoms with E-state index in [1.54, 1.807) is 30.1 Å². The largest absolute Gasteiger partial charge is 0.322 e. The fraction of sp³-hybridized carbons (Fsp3) is 0.333. The third kappa shape index (κ3) is 4.49. The zero-order chi connectivity index (χ0) is 20.3. The van der Waals surface area contributed by atoms with Gasteiger partial charge in [0.2, 0.25) is 11.8 Å². The highest BCUT2D eigenvalue weighted by molar-refractivity contribution is 6.39. The number of nitrogens with zero attached hydrogens (tertiary/aromatic N) is 2. The lowest BCUT2D eigenvalue weighted by Gasteiger charge is -2.34. The van der Waals surface area contributed by atoms with Crippen LogP contribution < -0.4 is 10.2 Å². The predicted octanol–water partition coefficient (Wildman–Crippen LogP) is 4.23. The number of hydrogen-bond donors (Lipinski definition) is 1. The average Bonchev–Trinajstić information content (AvgIpc) is 2.69. The summed E-state index contributed by atoms with van der Waals surface area (Å²) in [6.07, 6.45) is 1.91. The van der Waals surface area contributed by atoms with Gasteiger partial charge in [-0.3, -0.25) is 14.5 Å². The van der Waals surface area contributed by atoms with Crippen molar-refractivity contribution >= 4 is 46.4 Å². The van der Waals surface area contributed by atoms with Crippen molar-refractivity contribution in [3.63, 3.8) is 0 Å². The third-order valence-corrected chi connectivity index (χ3v) is 5.64. The van der Waals surface area contributed by atoms with E-state index in [0.717, 1.165) is 18.5 Å². The minimum absolute atomic E-state index is 0.0155. The molecule has 148 valence electrons. The van der Waals surface area contributed by atoms with Crippen LogP contribution >= 0.6 is 23.2 Å². The van der Waals surface area contributed by atoms with Gasteiger partial charge in [-0.05, 0) is 50.6 Å². The summed E-state index contributed by atoms with van der Waals surface area (Å²) in [7, 11) is 1.76. The number of para-hydroxylation sites is 2. The van der Waals surface area contributed by atoms with Crippen LogP contribution in [-0.2, 0) is 16.0 Å². The van der Waals surface area contributed by atoms with Crippen LogP contribution in [-0.4, -0.2) is 42.9 Å². The molecule has 5 nitrogen and oxygen atoms in total. The van der Waals surface area contributed by atoms with Crippen molar-refractivity contribution in [1.82, 2.24) is 4.90 Å². The quantitative estimate of drug-likeness (QED) is 0.788. The van der Waals surface area contributed by atoms with Crippen LogP contribution in [0.3, 0.4) is 0 Å². The standard InChI is InChI=1S/C21H23Cl2N3O2/c1-14(21(28)26-12-6-8-15-7-3-4-11-18(15)26)25(2)13-19(27)24-20-16(22)9-5-10-17(20)23/h3-5,7,9-11,14H,6,8,12-13H2,1-2H3,(H,24,27)/t14-/m0/s1. The molecule has 1 aliphatic rings. The van der Waals surface area contributed by atoms with E-state index in [2.05, 4.69) is 11.4 Å². The Morgan fingerprint density at radius 3 is 2.54 bits per heavy atom. The van der Waals surface area contributed by atoms with Crippen molar-refractivity contribution in [2.24, 2.45) is 0 Å². The van der Waals surface area contributed by atoms with Gasteiger partial charge in [0.15, 0.2) is 0 Å². The lowest BCUT2D eigenvalue weighted by molar-refractivity contribution is -0.124. The van der Waals surface area contributed by atoms with Crippen LogP contribution in [0.25, 0.3) is 0 Å². The molecule has 0 spiro atoms. The molecule has 1 aliphatic heterocycles. The lowest BCUT2D eigenvalue weighted by atomic mass is 10.0. The van der Waals surface area contributed by atoms with Gasteiger partial charge in [-0.2, -0.15) is 0 Å². The molecule has 2 aromatic carbocycles. The molecule has 0 fully saturated rings. The number of amides is 2. The first-order valence-electron chi connectivity index (χ1n) is 9.22. The Balaban J connectivity index is 1.65. The molecule has 0 saturated heterocycles. The second kappa shape index (κ2) is 8.95. The molecule has 7 heteroatoms. The maximum absolute atomic E-state index is 13.1. The zero-order valence-corrected chi connectivity index (χ0v) is 17.4. The van der Waals surface area contributed by atoms with Gasteiger partial charge in [-0.1, -0.05) is 47.5 Å². The number of anilines is 2. The van der Waals surface area contributed by atoms with E-state index in [1.807, 2.05) is 30.0 Å². The van der Waals surface area contributed by atoms with E-state index in [-0.39, 0.29) is 18.4 Å². The van der Waals surface area contributed by atoms with Crippen LogP contribution in [0.5, 0.6) is 0 Å². The van der Waals surface area contributed by atoms with Crippen molar-refractivity contribution in [3.05, 3.63) is 58.1 Å². The topological polar surface area (TPSA) is 52.7 Å². The highest BCUT2D eigenvalue weighted by atomic mass is 35.5. The number of hydrogen-bond acceptors (Lipinski definition) is 3. The summed E-state index contributed by atoms with van der Waals surface area (Å²) in [5.74, 6) is -0.297. The summed E-state index contributed by atoms with van der Waals surface area (Å²) < 4.78 is 0. The average molecular weight is 420 g/mol. The normalized spacial score (nSPS) is 14.5. The summed E-state index contributed by atoms with van der Waals surface area (Å²) in [6.45, 7) is 2.55. The number of aryl methyl sites for hydroxylation is 1. The Morgan fingerprint density at radius 1 is 1.14 bits per heavy atom. The second-order valence-corrected chi connectivity index (χ2v) is 7.77. The van der Waals surface area contributed by atoms with Crippen molar-refractivity contribution in [1.29, 1.82) is 0 Å². The Hall–Kier alpha value is -2.08. The SMILES string of the molecule is C[C@@H](C(=O)N1CCCc2ccccc21)N(C)CC(=O)Nc1c(Cl)cccc1Cl. The molecule has 2 aromatic rings. The van der Waals surface area contributed by atoms with Crippen LogP contribution in [0.15, 0.2) is 42.5 Å². The van der Waals surface area contributed by atoms with Crippen LogP contribution in [0.4, 0.5) is 11.4 Å². The minimum atomic E-state index is -0.446. The van der Waals surface area contributed by atoms with Gasteiger partial charge in [0.05, 0.1) is 28.3 Å². The number of rotatable bonds is 5. The minimum Gasteiger partial charge on any atom is -0.322 e. The maximum Gasteiger partial charge on any atom is 0.244 e. The first-order chi connectivity index (χ1) is 13.4. The van der Waals surface area contributed by atoms with Gasteiger partial charge in [0.1, 0.15) is 0 Å². The number of benzene rings is 2. The van der Waals surface area contributed by atoms with E-state index in [9.17, 15) is 9.59 Å². The fourth-order valence-corrected chi connectivity index (χ4v) is 3.83. The van der Waals surface area contributed by atoms with E-state index < -0.39 is 6.04 Å². The second-order valence-electron chi connectivity index (χ2n) is 6.96. The third-order valence-electron chi connectivity index (χ3n) is 5.02. The molecular formula is C21H23Cl2N3O2. The number of halogens is 2. The molecule has 2 amide bonds. The molecule has 1 atom stereocenters. The zero-order valence-electron chi connectivity index (χ0n) is 15.9. The summed E-state index contributed by atoms with van der Waals surface area (Å²) in [5, 5.41) is 3.47. The van der Waals surface area contributed by atoms with Crippen molar-refractivity contribution in [2.45, 2.75) is 25.8 Å². The van der Waals surface area contributed by atoms with Crippen LogP contribution in [0.1, 0.15) is 18.9 Å². The molecule has 0 unspecified atom stereocenters. The molecule has 1 N–H and O–H groups in total. The number of likely N-dealkylation sites (N-methyl/N-ethyl adjacent to an activating group) is 1. The van der Waals surface area contributed by atoms with Gasteiger partial charge >= 0.3 is 0 Å². The molecule has 0 aromatic heterocycles. The lowest BCUT2D eigenvalue weighted by Crippen LogP contribution is -2.49. The molecule has 3 rings (SSSR count). The maximum atomic E-state index is 13.1. The first-order valence-corrected chi connectivity index (χ1v) is 9.97. The molecular weight excluding hydrogens is 397 g/mol. The first kappa shape index (κ1) is 20.6. The summed E-state index contributed by atoms with van der Waals surface area (Å²) in [6, 6.07) is 12.6. The van der Waals surface area contributed by atoms with E-state index >= 15 is 0 Å². The van der Waals surface area contributed by atoms with E-state index in [0.29, 0.717) is 22.3 Å². The number of carbonyl (C=O) groups is 2. The molecule has 0 bridgehead atoms. The Labute approximate surface area is 175 Å². The van der Waals surface area contributed by atoms with Gasteiger partial charge < -0.3 is 10.2 Å². The summed E-state index contributed by atoms with van der Waals surface area (Å²) >= 11 is 12.2. The highest BCUT2D eigenvalue weighted by Gasteiger charge is 2.29. The van der Waals surface area contributed by atoms with Crippen molar-refractivity contribution < 1.29 is 9.59 Å². The number of nitrogens with one attached hydrogen (secondary N) is 1. The molecule has 0 radical (unpaired) electrons. The molecule has 1 heterocycles. The molecule has 0 saturated carbocycles. The number of carbonyl (C=O) groups excluding carboxylic acids is 2. The van der Waals surface area contributed by atoms with Gasteiger partial charge in [0.25, 0.3) is 0 Å². The Morgan fingerprint density at radius 2 is 1.82 bits per heavy atom. The Kier molecular flexibility index (Phi) is 6.60. The summed E-state index contributed by atoms with van der Waals surface area (Å²) in [5.41, 5.74) is 2.53. The molecule has 0 aliphatic carbocycles. The summed E-state index contributed by atoms with van der Waals surface area (Å²) in [4.78, 5) is 29.0.